The summed E-state index contributed by atoms with van der Waals surface area (Å²) in [5.41, 5.74) is 0. The summed E-state index contributed by atoms with van der Waals surface area (Å²) in [5, 5.41) is 12.2. The van der Waals surface area contributed by atoms with Gasteiger partial charge in [-0.05, 0) is 30.6 Å². The minimum Gasteiger partial charge on any atom is -0.480 e. The van der Waals surface area contributed by atoms with Gasteiger partial charge in [0.15, 0.2) is 0 Å². The Hall–Kier alpha value is -1.30. The predicted molar refractivity (Wildman–Crippen MR) is 73.4 cm³/mol. The third kappa shape index (κ3) is 3.06. The summed E-state index contributed by atoms with van der Waals surface area (Å²) in [6, 6.07) is -0.907. The Morgan fingerprint density at radius 3 is 2.85 bits per heavy atom. The molecule has 2 fully saturated rings. The van der Waals surface area contributed by atoms with E-state index >= 15 is 0 Å². The monoisotopic (exact) mass is 284 g/mol. The maximum absolute atomic E-state index is 12.2. The van der Waals surface area contributed by atoms with Crippen molar-refractivity contribution in [1.82, 2.24) is 10.2 Å². The number of carboxylic acids is 1. The van der Waals surface area contributed by atoms with Crippen LogP contribution in [-0.2, 0) is 9.53 Å². The number of fused-ring (bicyclic) bond motifs is 1. The van der Waals surface area contributed by atoms with Crippen LogP contribution in [0.4, 0.5) is 4.79 Å². The maximum Gasteiger partial charge on any atom is 0.326 e. The van der Waals surface area contributed by atoms with Crippen LogP contribution in [0.2, 0.25) is 0 Å². The number of nitrogens with zero attached hydrogens (tertiary/aromatic N) is 1. The number of aliphatic carboxylic acids is 1. The van der Waals surface area contributed by atoms with Crippen LogP contribution in [-0.4, -0.2) is 54.9 Å². The Kier molecular flexibility index (Phi) is 4.86. The first-order chi connectivity index (χ1) is 9.54. The molecule has 2 rings (SSSR count). The van der Waals surface area contributed by atoms with E-state index in [9.17, 15) is 14.7 Å². The second-order valence-corrected chi connectivity index (χ2v) is 6.04. The lowest BCUT2D eigenvalue weighted by Crippen LogP contribution is -2.48. The molecule has 1 saturated carbocycles. The van der Waals surface area contributed by atoms with Crippen LogP contribution >= 0.6 is 0 Å². The van der Waals surface area contributed by atoms with Crippen LogP contribution < -0.4 is 5.32 Å². The number of amides is 2. The van der Waals surface area contributed by atoms with Crippen LogP contribution in [0, 0.1) is 17.8 Å². The van der Waals surface area contributed by atoms with E-state index in [0.29, 0.717) is 25.6 Å². The lowest BCUT2D eigenvalue weighted by atomic mass is 9.94. The van der Waals surface area contributed by atoms with E-state index in [-0.39, 0.29) is 17.9 Å². The van der Waals surface area contributed by atoms with Crippen molar-refractivity contribution in [3.8, 4) is 0 Å². The van der Waals surface area contributed by atoms with Crippen LogP contribution in [0.25, 0.3) is 0 Å². The number of likely N-dealkylation sites (tertiary alicyclic amines) is 1. The number of methoxy groups -OCH3 is 1. The maximum atomic E-state index is 12.2. The van der Waals surface area contributed by atoms with Crippen molar-refractivity contribution in [3.63, 3.8) is 0 Å². The zero-order valence-corrected chi connectivity index (χ0v) is 12.2. The van der Waals surface area contributed by atoms with Crippen molar-refractivity contribution in [2.24, 2.45) is 17.8 Å². The minimum atomic E-state index is -0.875. The number of hydrogen-bond donors (Lipinski definition) is 2. The molecule has 2 N–H and O–H groups in total. The topological polar surface area (TPSA) is 78.9 Å². The average Bonchev–Trinajstić information content (AvgIpc) is 2.95. The largest absolute Gasteiger partial charge is 0.480 e. The number of carbonyl (C=O) groups excluding carboxylic acids is 1. The molecular weight excluding hydrogens is 260 g/mol. The molecule has 0 bridgehead atoms. The number of carboxylic acid groups (broad SMARTS) is 1. The molecule has 2 aliphatic rings. The van der Waals surface area contributed by atoms with Gasteiger partial charge in [0.25, 0.3) is 0 Å². The predicted octanol–water partition coefficient (Wildman–Crippen LogP) is 1.16. The SMILES string of the molecule is COCC(C)CNC(=O)N1CC2CCCC2C1C(=O)O. The normalized spacial score (nSPS) is 30.1. The van der Waals surface area contributed by atoms with Gasteiger partial charge < -0.3 is 20.1 Å². The van der Waals surface area contributed by atoms with Gasteiger partial charge in [0.1, 0.15) is 6.04 Å². The fourth-order valence-electron chi connectivity index (χ4n) is 3.54. The number of ether oxygens (including phenoxy) is 1. The molecule has 0 aromatic rings. The first kappa shape index (κ1) is 15.1. The Morgan fingerprint density at radius 2 is 2.20 bits per heavy atom. The second kappa shape index (κ2) is 6.43. The molecule has 0 aromatic heterocycles. The molecule has 0 spiro atoms. The first-order valence-corrected chi connectivity index (χ1v) is 7.30. The molecule has 2 amide bonds. The van der Waals surface area contributed by atoms with Gasteiger partial charge in [0, 0.05) is 20.2 Å². The van der Waals surface area contributed by atoms with Gasteiger partial charge in [0.2, 0.25) is 0 Å². The van der Waals surface area contributed by atoms with Gasteiger partial charge in [-0.2, -0.15) is 0 Å². The van der Waals surface area contributed by atoms with Crippen molar-refractivity contribution in [2.45, 2.75) is 32.2 Å². The lowest BCUT2D eigenvalue weighted by Gasteiger charge is -2.25. The van der Waals surface area contributed by atoms with Gasteiger partial charge in [-0.1, -0.05) is 13.3 Å². The minimum absolute atomic E-state index is 0.134. The fourth-order valence-corrected chi connectivity index (χ4v) is 3.54. The summed E-state index contributed by atoms with van der Waals surface area (Å²) in [6.07, 6.45) is 3.04. The standard InChI is InChI=1S/C14H24N2O4/c1-9(8-20-2)6-15-14(19)16-7-10-4-3-5-11(10)12(16)13(17)18/h9-12H,3-8H2,1-2H3,(H,15,19)(H,17,18). The third-order valence-corrected chi connectivity index (χ3v) is 4.46. The summed E-state index contributed by atoms with van der Waals surface area (Å²) in [5.74, 6) is -0.165. The highest BCUT2D eigenvalue weighted by atomic mass is 16.5. The van der Waals surface area contributed by atoms with Crippen molar-refractivity contribution in [3.05, 3.63) is 0 Å². The highest BCUT2D eigenvalue weighted by Crippen LogP contribution is 2.42. The molecule has 0 aromatic carbocycles. The second-order valence-electron chi connectivity index (χ2n) is 6.04. The molecule has 4 unspecified atom stereocenters. The van der Waals surface area contributed by atoms with E-state index < -0.39 is 12.0 Å². The van der Waals surface area contributed by atoms with Crippen LogP contribution in [0.5, 0.6) is 0 Å². The molecule has 6 heteroatoms. The van der Waals surface area contributed by atoms with Crippen molar-refractivity contribution in [2.75, 3.05) is 26.8 Å². The molecular formula is C14H24N2O4. The molecule has 6 nitrogen and oxygen atoms in total. The van der Waals surface area contributed by atoms with Crippen LogP contribution in [0.3, 0.4) is 0 Å². The van der Waals surface area contributed by atoms with Gasteiger partial charge in [-0.3, -0.25) is 0 Å². The van der Waals surface area contributed by atoms with E-state index in [1.807, 2.05) is 6.92 Å². The number of nitrogens with one attached hydrogen (secondary N) is 1. The summed E-state index contributed by atoms with van der Waals surface area (Å²) in [7, 11) is 1.63. The molecule has 1 aliphatic heterocycles. The Bertz CT molecular complexity index is 374. The van der Waals surface area contributed by atoms with E-state index in [1.165, 1.54) is 4.90 Å². The smallest absolute Gasteiger partial charge is 0.326 e. The van der Waals surface area contributed by atoms with Gasteiger partial charge in [-0.25, -0.2) is 9.59 Å². The average molecular weight is 284 g/mol. The van der Waals surface area contributed by atoms with E-state index in [4.69, 9.17) is 4.74 Å². The van der Waals surface area contributed by atoms with E-state index in [2.05, 4.69) is 5.32 Å². The van der Waals surface area contributed by atoms with Crippen LogP contribution in [0.15, 0.2) is 0 Å². The quantitative estimate of drug-likeness (QED) is 0.794. The summed E-state index contributed by atoms with van der Waals surface area (Å²) < 4.78 is 5.02. The van der Waals surface area contributed by atoms with E-state index in [1.54, 1.807) is 7.11 Å². The molecule has 0 radical (unpaired) electrons. The van der Waals surface area contributed by atoms with Gasteiger partial charge in [-0.15, -0.1) is 0 Å². The summed E-state index contributed by atoms with van der Waals surface area (Å²) in [6.45, 7) is 3.64. The van der Waals surface area contributed by atoms with E-state index in [0.717, 1.165) is 19.3 Å². The lowest BCUT2D eigenvalue weighted by molar-refractivity contribution is -0.142. The number of urea groups is 1. The highest BCUT2D eigenvalue weighted by Gasteiger charge is 2.49. The molecule has 1 saturated heterocycles. The molecule has 20 heavy (non-hydrogen) atoms. The van der Waals surface area contributed by atoms with Crippen molar-refractivity contribution < 1.29 is 19.4 Å². The zero-order valence-electron chi connectivity index (χ0n) is 12.2. The number of rotatable bonds is 5. The molecule has 1 heterocycles. The first-order valence-electron chi connectivity index (χ1n) is 7.30. The van der Waals surface area contributed by atoms with Gasteiger partial charge >= 0.3 is 12.0 Å². The Morgan fingerprint density at radius 1 is 1.45 bits per heavy atom. The number of carbonyl (C=O) groups is 2. The molecule has 114 valence electrons. The van der Waals surface area contributed by atoms with Crippen LogP contribution in [0.1, 0.15) is 26.2 Å². The molecule has 4 atom stereocenters. The van der Waals surface area contributed by atoms with Crippen molar-refractivity contribution in [1.29, 1.82) is 0 Å². The van der Waals surface area contributed by atoms with Crippen molar-refractivity contribution >= 4 is 12.0 Å². The zero-order chi connectivity index (χ0) is 14.7. The number of hydrogen-bond acceptors (Lipinski definition) is 3. The van der Waals surface area contributed by atoms with Gasteiger partial charge in [0.05, 0.1) is 6.61 Å². The Labute approximate surface area is 119 Å². The highest BCUT2D eigenvalue weighted by molar-refractivity contribution is 5.83. The summed E-state index contributed by atoms with van der Waals surface area (Å²) in [4.78, 5) is 25.2. The fraction of sp³-hybridized carbons (Fsp3) is 0.857. The molecule has 1 aliphatic carbocycles. The Balaban J connectivity index is 1.93. The summed E-state index contributed by atoms with van der Waals surface area (Å²) >= 11 is 0. The third-order valence-electron chi connectivity index (χ3n) is 4.46.